The van der Waals surface area contributed by atoms with Crippen LogP contribution in [-0.4, -0.2) is 34.2 Å². The van der Waals surface area contributed by atoms with Gasteiger partial charge in [-0.05, 0) is 37.5 Å². The Bertz CT molecular complexity index is 891. The van der Waals surface area contributed by atoms with Crippen LogP contribution >= 0.6 is 11.3 Å². The van der Waals surface area contributed by atoms with E-state index in [0.29, 0.717) is 18.0 Å². The van der Waals surface area contributed by atoms with Gasteiger partial charge in [0.2, 0.25) is 17.7 Å². The van der Waals surface area contributed by atoms with Crippen LogP contribution in [0, 0.1) is 18.8 Å². The van der Waals surface area contributed by atoms with Gasteiger partial charge in [-0.3, -0.25) is 19.3 Å². The van der Waals surface area contributed by atoms with Crippen molar-refractivity contribution in [3.63, 3.8) is 0 Å². The molecular formula is C18H17N3O3S. The second-order valence-electron chi connectivity index (χ2n) is 6.46. The molecule has 1 N–H and O–H groups in total. The maximum Gasteiger partial charge on any atom is 0.246 e. The molecule has 6 nitrogen and oxygen atoms in total. The van der Waals surface area contributed by atoms with Crippen molar-refractivity contribution in [2.45, 2.75) is 19.8 Å². The first-order valence-electron chi connectivity index (χ1n) is 8.20. The Morgan fingerprint density at radius 2 is 1.92 bits per heavy atom. The number of allylic oxidation sites excluding steroid dienone is 2. The number of thiazole rings is 1. The number of carbonyl (C=O) groups excluding carboxylic acids is 3. The summed E-state index contributed by atoms with van der Waals surface area (Å²) < 4.78 is 0.987. The molecule has 128 valence electrons. The third-order valence-electron chi connectivity index (χ3n) is 4.69. The normalized spacial score (nSPS) is 22.5. The van der Waals surface area contributed by atoms with E-state index in [1.165, 1.54) is 11.3 Å². The maximum absolute atomic E-state index is 12.4. The number of nitrogens with zero attached hydrogens (tertiary/aromatic N) is 2. The molecule has 2 heterocycles. The van der Waals surface area contributed by atoms with Gasteiger partial charge < -0.3 is 5.32 Å². The number of benzene rings is 1. The number of fused-ring (bicyclic) bond motifs is 2. The molecule has 0 saturated carbocycles. The van der Waals surface area contributed by atoms with Gasteiger partial charge in [-0.15, -0.1) is 0 Å². The van der Waals surface area contributed by atoms with Gasteiger partial charge in [0.15, 0.2) is 5.13 Å². The molecule has 1 aromatic carbocycles. The number of carbonyl (C=O) groups is 3. The lowest BCUT2D eigenvalue weighted by atomic mass is 9.85. The van der Waals surface area contributed by atoms with E-state index < -0.39 is 5.91 Å². The minimum Gasteiger partial charge on any atom is -0.300 e. The lowest BCUT2D eigenvalue weighted by molar-refractivity contribution is -0.142. The second-order valence-corrected chi connectivity index (χ2v) is 7.49. The van der Waals surface area contributed by atoms with Crippen molar-refractivity contribution in [1.82, 2.24) is 9.88 Å². The van der Waals surface area contributed by atoms with Crippen molar-refractivity contribution in [3.05, 3.63) is 35.9 Å². The molecule has 1 aliphatic carbocycles. The van der Waals surface area contributed by atoms with Crippen LogP contribution in [0.2, 0.25) is 0 Å². The Morgan fingerprint density at radius 3 is 2.60 bits per heavy atom. The van der Waals surface area contributed by atoms with Crippen molar-refractivity contribution < 1.29 is 14.4 Å². The van der Waals surface area contributed by atoms with Gasteiger partial charge in [0.05, 0.1) is 22.1 Å². The molecule has 2 aliphatic rings. The SMILES string of the molecule is Cc1ccc2nc(NC(=O)CN3C(=O)[C@H]4CC=CC[C@H]4C3=O)sc2c1. The molecule has 2 aromatic rings. The lowest BCUT2D eigenvalue weighted by Crippen LogP contribution is -2.38. The molecule has 2 atom stereocenters. The molecule has 4 rings (SSSR count). The minimum atomic E-state index is -0.399. The van der Waals surface area contributed by atoms with Crippen molar-refractivity contribution in [3.8, 4) is 0 Å². The second kappa shape index (κ2) is 6.07. The summed E-state index contributed by atoms with van der Waals surface area (Å²) in [6.07, 6.45) is 5.01. The smallest absolute Gasteiger partial charge is 0.246 e. The molecule has 0 bridgehead atoms. The molecule has 1 aromatic heterocycles. The van der Waals surface area contributed by atoms with Crippen molar-refractivity contribution in [2.24, 2.45) is 11.8 Å². The number of hydrogen-bond acceptors (Lipinski definition) is 5. The topological polar surface area (TPSA) is 79.4 Å². The van der Waals surface area contributed by atoms with Crippen LogP contribution in [0.3, 0.4) is 0 Å². The summed E-state index contributed by atoms with van der Waals surface area (Å²) in [6, 6.07) is 5.88. The van der Waals surface area contributed by atoms with E-state index in [1.54, 1.807) is 0 Å². The molecular weight excluding hydrogens is 338 g/mol. The Labute approximate surface area is 148 Å². The third-order valence-corrected chi connectivity index (χ3v) is 5.62. The van der Waals surface area contributed by atoms with Crippen molar-refractivity contribution in [2.75, 3.05) is 11.9 Å². The minimum absolute atomic E-state index is 0.241. The molecule has 25 heavy (non-hydrogen) atoms. The van der Waals surface area contributed by atoms with Crippen LogP contribution in [0.15, 0.2) is 30.4 Å². The zero-order valence-electron chi connectivity index (χ0n) is 13.7. The highest BCUT2D eigenvalue weighted by atomic mass is 32.1. The van der Waals surface area contributed by atoms with Crippen LogP contribution in [0.1, 0.15) is 18.4 Å². The van der Waals surface area contributed by atoms with E-state index in [0.717, 1.165) is 20.7 Å². The summed E-state index contributed by atoms with van der Waals surface area (Å²) in [7, 11) is 0. The third kappa shape index (κ3) is 2.84. The number of aryl methyl sites for hydroxylation is 1. The number of likely N-dealkylation sites (tertiary alicyclic amines) is 1. The van der Waals surface area contributed by atoms with E-state index in [4.69, 9.17) is 0 Å². The summed E-state index contributed by atoms with van der Waals surface area (Å²) in [4.78, 5) is 42.6. The number of amides is 3. The first-order valence-corrected chi connectivity index (χ1v) is 9.02. The number of hydrogen-bond donors (Lipinski definition) is 1. The Balaban J connectivity index is 1.46. The highest BCUT2D eigenvalue weighted by Crippen LogP contribution is 2.35. The molecule has 1 aliphatic heterocycles. The first kappa shape index (κ1) is 16.0. The Morgan fingerprint density at radius 1 is 1.24 bits per heavy atom. The predicted molar refractivity (Wildman–Crippen MR) is 95.1 cm³/mol. The van der Waals surface area contributed by atoms with Gasteiger partial charge in [-0.25, -0.2) is 4.98 Å². The number of nitrogens with one attached hydrogen (secondary N) is 1. The standard InChI is InChI=1S/C18H17N3O3S/c1-10-6-7-13-14(8-10)25-18(19-13)20-15(22)9-21-16(23)11-4-2-3-5-12(11)17(21)24/h2-3,6-8,11-12H,4-5,9H2,1H3,(H,19,20,22)/t11-,12+. The maximum atomic E-state index is 12.4. The lowest BCUT2D eigenvalue weighted by Gasteiger charge is -2.14. The zero-order chi connectivity index (χ0) is 17.6. The van der Waals surface area contributed by atoms with Crippen LogP contribution in [0.4, 0.5) is 5.13 Å². The largest absolute Gasteiger partial charge is 0.300 e. The van der Waals surface area contributed by atoms with Gasteiger partial charge >= 0.3 is 0 Å². The average Bonchev–Trinajstić information content (AvgIpc) is 3.09. The molecule has 0 spiro atoms. The monoisotopic (exact) mass is 355 g/mol. The van der Waals surface area contributed by atoms with E-state index in [9.17, 15) is 14.4 Å². The highest BCUT2D eigenvalue weighted by Gasteiger charge is 2.47. The van der Waals surface area contributed by atoms with Crippen molar-refractivity contribution in [1.29, 1.82) is 0 Å². The van der Waals surface area contributed by atoms with Crippen LogP contribution in [0.5, 0.6) is 0 Å². The van der Waals surface area contributed by atoms with Gasteiger partial charge in [0.1, 0.15) is 6.54 Å². The van der Waals surface area contributed by atoms with E-state index in [2.05, 4.69) is 10.3 Å². The quantitative estimate of drug-likeness (QED) is 0.678. The summed E-state index contributed by atoms with van der Waals surface area (Å²) >= 11 is 1.38. The fourth-order valence-electron chi connectivity index (χ4n) is 3.41. The van der Waals surface area contributed by atoms with E-state index in [1.807, 2.05) is 37.3 Å². The fraction of sp³-hybridized carbons (Fsp3) is 0.333. The van der Waals surface area contributed by atoms with E-state index in [-0.39, 0.29) is 30.2 Å². The predicted octanol–water partition coefficient (Wildman–Crippen LogP) is 2.49. The Kier molecular flexibility index (Phi) is 3.88. The van der Waals surface area contributed by atoms with Gasteiger partial charge in [-0.2, -0.15) is 0 Å². The average molecular weight is 355 g/mol. The molecule has 0 radical (unpaired) electrons. The Hall–Kier alpha value is -2.54. The number of imide groups is 1. The number of rotatable bonds is 3. The number of aromatic nitrogens is 1. The fourth-order valence-corrected chi connectivity index (χ4v) is 4.39. The van der Waals surface area contributed by atoms with Crippen LogP contribution in [0.25, 0.3) is 10.2 Å². The number of anilines is 1. The summed E-state index contributed by atoms with van der Waals surface area (Å²) in [5, 5.41) is 3.18. The summed E-state index contributed by atoms with van der Waals surface area (Å²) in [6.45, 7) is 1.75. The van der Waals surface area contributed by atoms with Gasteiger partial charge in [0, 0.05) is 0 Å². The first-order chi connectivity index (χ1) is 12.0. The summed E-state index contributed by atoms with van der Waals surface area (Å²) in [5.41, 5.74) is 1.94. The molecule has 0 unspecified atom stereocenters. The van der Waals surface area contributed by atoms with Crippen molar-refractivity contribution >= 4 is 44.4 Å². The van der Waals surface area contributed by atoms with Crippen LogP contribution < -0.4 is 5.32 Å². The molecule has 1 fully saturated rings. The van der Waals surface area contributed by atoms with Crippen LogP contribution in [-0.2, 0) is 14.4 Å². The zero-order valence-corrected chi connectivity index (χ0v) is 14.5. The van der Waals surface area contributed by atoms with Gasteiger partial charge in [0.25, 0.3) is 0 Å². The molecule has 1 saturated heterocycles. The summed E-state index contributed by atoms with van der Waals surface area (Å²) in [5.74, 6) is -1.50. The highest BCUT2D eigenvalue weighted by molar-refractivity contribution is 7.22. The molecule has 7 heteroatoms. The van der Waals surface area contributed by atoms with E-state index >= 15 is 0 Å². The molecule has 3 amide bonds. The van der Waals surface area contributed by atoms with Gasteiger partial charge in [-0.1, -0.05) is 29.6 Å².